The van der Waals surface area contributed by atoms with Crippen molar-refractivity contribution in [2.75, 3.05) is 20.6 Å². The van der Waals surface area contributed by atoms with Gasteiger partial charge in [0.1, 0.15) is 0 Å². The molecule has 1 amide bonds. The van der Waals surface area contributed by atoms with E-state index in [1.165, 1.54) is 12.8 Å². The van der Waals surface area contributed by atoms with Crippen LogP contribution in [0.15, 0.2) is 35.3 Å². The molecule has 0 saturated heterocycles. The van der Waals surface area contributed by atoms with Gasteiger partial charge in [0.05, 0.1) is 13.1 Å². The Morgan fingerprint density at radius 1 is 1.12 bits per heavy atom. The third kappa shape index (κ3) is 11.3. The molecule has 26 heavy (non-hydrogen) atoms. The first kappa shape index (κ1) is 24.7. The molecule has 0 saturated carbocycles. The van der Waals surface area contributed by atoms with Gasteiger partial charge in [0.2, 0.25) is 5.91 Å². The Morgan fingerprint density at radius 2 is 1.77 bits per heavy atom. The molecule has 0 bridgehead atoms. The van der Waals surface area contributed by atoms with E-state index in [2.05, 4.69) is 48.5 Å². The Hall–Kier alpha value is -1.31. The van der Waals surface area contributed by atoms with E-state index in [9.17, 15) is 4.79 Å². The summed E-state index contributed by atoms with van der Waals surface area (Å²) in [6.45, 7) is 7.49. The highest BCUT2D eigenvalue weighted by atomic mass is 127. The molecule has 0 aromatic heterocycles. The van der Waals surface area contributed by atoms with Gasteiger partial charge in [0.15, 0.2) is 5.96 Å². The number of aliphatic imine (C=N–C) groups is 1. The molecular weight excluding hydrogens is 439 g/mol. The number of hydrogen-bond acceptors (Lipinski definition) is 2. The fourth-order valence-electron chi connectivity index (χ4n) is 2.36. The average Bonchev–Trinajstić information content (AvgIpc) is 2.57. The van der Waals surface area contributed by atoms with Crippen LogP contribution in [-0.4, -0.2) is 43.4 Å². The third-order valence-electron chi connectivity index (χ3n) is 3.97. The summed E-state index contributed by atoms with van der Waals surface area (Å²) in [5.74, 6) is 1.45. The van der Waals surface area contributed by atoms with E-state index < -0.39 is 0 Å². The lowest BCUT2D eigenvalue weighted by atomic mass is 10.0. The van der Waals surface area contributed by atoms with Crippen LogP contribution in [0, 0.1) is 5.92 Å². The van der Waals surface area contributed by atoms with Crippen LogP contribution in [0.4, 0.5) is 0 Å². The molecule has 1 atom stereocenters. The molecule has 2 N–H and O–H groups in total. The Labute approximate surface area is 176 Å². The number of amides is 1. The zero-order valence-corrected chi connectivity index (χ0v) is 19.1. The van der Waals surface area contributed by atoms with Crippen molar-refractivity contribution in [2.45, 2.75) is 52.6 Å². The second-order valence-corrected chi connectivity index (χ2v) is 7.16. The van der Waals surface area contributed by atoms with Crippen LogP contribution < -0.4 is 10.6 Å². The van der Waals surface area contributed by atoms with E-state index in [0.29, 0.717) is 18.5 Å². The van der Waals surface area contributed by atoms with Crippen molar-refractivity contribution in [1.82, 2.24) is 15.5 Å². The van der Waals surface area contributed by atoms with Crippen LogP contribution in [-0.2, 0) is 11.3 Å². The molecule has 5 nitrogen and oxygen atoms in total. The van der Waals surface area contributed by atoms with Gasteiger partial charge in [-0.2, -0.15) is 0 Å². The van der Waals surface area contributed by atoms with Crippen LogP contribution >= 0.6 is 24.0 Å². The van der Waals surface area contributed by atoms with E-state index >= 15 is 0 Å². The number of carbonyl (C=O) groups excluding carboxylic acids is 1. The largest absolute Gasteiger partial charge is 0.354 e. The second-order valence-electron chi connectivity index (χ2n) is 7.16. The zero-order chi connectivity index (χ0) is 18.7. The van der Waals surface area contributed by atoms with Crippen LogP contribution in [0.25, 0.3) is 0 Å². The van der Waals surface area contributed by atoms with E-state index in [4.69, 9.17) is 0 Å². The number of carbonyl (C=O) groups is 1. The highest BCUT2D eigenvalue weighted by Gasteiger charge is 2.09. The molecule has 1 aromatic rings. The SMILES string of the molecule is CC(C)CCCC(C)NC(=NCc1ccccc1)NCC(=O)N(C)C.I. The molecule has 0 fully saturated rings. The van der Waals surface area contributed by atoms with Crippen molar-refractivity contribution in [3.8, 4) is 0 Å². The summed E-state index contributed by atoms with van der Waals surface area (Å²) in [6.07, 6.45) is 3.51. The minimum absolute atomic E-state index is 0. The van der Waals surface area contributed by atoms with Crippen molar-refractivity contribution in [3.05, 3.63) is 35.9 Å². The van der Waals surface area contributed by atoms with Gasteiger partial charge in [-0.3, -0.25) is 4.79 Å². The number of nitrogens with zero attached hydrogens (tertiary/aromatic N) is 2. The molecule has 0 radical (unpaired) electrons. The first-order chi connectivity index (χ1) is 11.9. The quantitative estimate of drug-likeness (QED) is 0.327. The summed E-state index contributed by atoms with van der Waals surface area (Å²) in [4.78, 5) is 18.0. The van der Waals surface area contributed by atoms with Crippen molar-refractivity contribution < 1.29 is 4.79 Å². The van der Waals surface area contributed by atoms with E-state index in [1.54, 1.807) is 19.0 Å². The average molecular weight is 474 g/mol. The second kappa shape index (κ2) is 13.8. The minimum atomic E-state index is 0. The number of guanidine groups is 1. The molecule has 1 aromatic carbocycles. The van der Waals surface area contributed by atoms with Crippen LogP contribution in [0.5, 0.6) is 0 Å². The molecule has 0 aliphatic rings. The van der Waals surface area contributed by atoms with Crippen molar-refractivity contribution in [1.29, 1.82) is 0 Å². The summed E-state index contributed by atoms with van der Waals surface area (Å²) in [5, 5.41) is 6.57. The molecule has 0 spiro atoms. The maximum absolute atomic E-state index is 11.8. The lowest BCUT2D eigenvalue weighted by Gasteiger charge is -2.19. The summed E-state index contributed by atoms with van der Waals surface area (Å²) >= 11 is 0. The van der Waals surface area contributed by atoms with Gasteiger partial charge < -0.3 is 15.5 Å². The van der Waals surface area contributed by atoms with Gasteiger partial charge in [-0.25, -0.2) is 4.99 Å². The number of nitrogens with one attached hydrogen (secondary N) is 2. The lowest BCUT2D eigenvalue weighted by molar-refractivity contribution is -0.127. The first-order valence-electron chi connectivity index (χ1n) is 9.17. The van der Waals surface area contributed by atoms with Gasteiger partial charge in [-0.15, -0.1) is 24.0 Å². The van der Waals surface area contributed by atoms with Crippen LogP contribution in [0.1, 0.15) is 45.6 Å². The standard InChI is InChI=1S/C20H34N4O.HI/c1-16(2)10-9-11-17(3)23-20(22-15-19(25)24(4)5)21-14-18-12-7-6-8-13-18;/h6-8,12-13,16-17H,9-11,14-15H2,1-5H3,(H2,21,22,23);1H. The smallest absolute Gasteiger partial charge is 0.241 e. The van der Waals surface area contributed by atoms with Gasteiger partial charge in [-0.05, 0) is 24.8 Å². The molecule has 0 aliphatic carbocycles. The van der Waals surface area contributed by atoms with Gasteiger partial charge in [0.25, 0.3) is 0 Å². The molecule has 0 heterocycles. The fraction of sp³-hybridized carbons (Fsp3) is 0.600. The molecule has 1 rings (SSSR count). The summed E-state index contributed by atoms with van der Waals surface area (Å²) in [6, 6.07) is 10.4. The topological polar surface area (TPSA) is 56.7 Å². The highest BCUT2D eigenvalue weighted by Crippen LogP contribution is 2.08. The molecule has 6 heteroatoms. The van der Waals surface area contributed by atoms with E-state index in [-0.39, 0.29) is 36.4 Å². The Bertz CT molecular complexity index is 532. The molecule has 148 valence electrons. The van der Waals surface area contributed by atoms with Gasteiger partial charge in [-0.1, -0.05) is 57.0 Å². The van der Waals surface area contributed by atoms with Crippen molar-refractivity contribution >= 4 is 35.8 Å². The fourth-order valence-corrected chi connectivity index (χ4v) is 2.36. The van der Waals surface area contributed by atoms with Crippen LogP contribution in [0.2, 0.25) is 0 Å². The summed E-state index contributed by atoms with van der Waals surface area (Å²) < 4.78 is 0. The summed E-state index contributed by atoms with van der Waals surface area (Å²) in [7, 11) is 3.51. The highest BCUT2D eigenvalue weighted by molar-refractivity contribution is 14.0. The molecular formula is C20H35IN4O. The van der Waals surface area contributed by atoms with Gasteiger partial charge >= 0.3 is 0 Å². The Morgan fingerprint density at radius 3 is 2.35 bits per heavy atom. The Balaban J connectivity index is 0.00000625. The Kier molecular flexibility index (Phi) is 13.1. The lowest BCUT2D eigenvalue weighted by Crippen LogP contribution is -2.46. The van der Waals surface area contributed by atoms with Crippen molar-refractivity contribution in [2.24, 2.45) is 10.9 Å². The third-order valence-corrected chi connectivity index (χ3v) is 3.97. The summed E-state index contributed by atoms with van der Waals surface area (Å²) in [5.41, 5.74) is 1.15. The number of rotatable bonds is 9. The van der Waals surface area contributed by atoms with E-state index in [1.807, 2.05) is 18.2 Å². The normalized spacial score (nSPS) is 12.3. The predicted molar refractivity (Wildman–Crippen MR) is 121 cm³/mol. The van der Waals surface area contributed by atoms with Crippen LogP contribution in [0.3, 0.4) is 0 Å². The maximum Gasteiger partial charge on any atom is 0.241 e. The van der Waals surface area contributed by atoms with Gasteiger partial charge in [0, 0.05) is 20.1 Å². The zero-order valence-electron chi connectivity index (χ0n) is 16.8. The van der Waals surface area contributed by atoms with Crippen molar-refractivity contribution in [3.63, 3.8) is 0 Å². The minimum Gasteiger partial charge on any atom is -0.354 e. The molecule has 1 unspecified atom stereocenters. The number of likely N-dealkylation sites (N-methyl/N-ethyl adjacent to an activating group) is 1. The monoisotopic (exact) mass is 474 g/mol. The maximum atomic E-state index is 11.8. The first-order valence-corrected chi connectivity index (χ1v) is 9.17. The number of halogens is 1. The number of benzene rings is 1. The van der Waals surface area contributed by atoms with E-state index in [0.717, 1.165) is 17.9 Å². The molecule has 0 aliphatic heterocycles. The predicted octanol–water partition coefficient (Wildman–Crippen LogP) is 3.64. The number of hydrogen-bond donors (Lipinski definition) is 2.